The second-order valence-corrected chi connectivity index (χ2v) is 3.40. The Hall–Kier alpha value is -1.63. The Kier molecular flexibility index (Phi) is 3.25. The van der Waals surface area contributed by atoms with Gasteiger partial charge in [-0.25, -0.2) is 9.59 Å². The summed E-state index contributed by atoms with van der Waals surface area (Å²) in [6, 6.07) is -0.727. The number of hydrogen-bond acceptors (Lipinski definition) is 4. The quantitative estimate of drug-likeness (QED) is 0.778. The maximum atomic E-state index is 11.3. The molecule has 1 rings (SSSR count). The van der Waals surface area contributed by atoms with E-state index in [0.29, 0.717) is 4.80 Å². The average Bonchev–Trinajstić information content (AvgIpc) is 2.46. The number of carboxylic acids is 1. The van der Waals surface area contributed by atoms with Crippen LogP contribution in [0.1, 0.15) is 24.3 Å². The number of halogens is 1. The van der Waals surface area contributed by atoms with Crippen molar-refractivity contribution >= 4 is 23.6 Å². The minimum atomic E-state index is -1.33. The van der Waals surface area contributed by atoms with Crippen LogP contribution in [0.25, 0.3) is 0 Å². The number of aromatic nitrogens is 3. The molecular weight excluding hydrogens is 224 g/mol. The lowest BCUT2D eigenvalue weighted by Gasteiger charge is -2.05. The van der Waals surface area contributed by atoms with Crippen LogP contribution in [0, 0.1) is 0 Å². The lowest BCUT2D eigenvalue weighted by Crippen LogP contribution is -2.35. The van der Waals surface area contributed by atoms with Crippen LogP contribution in [-0.2, 0) is 0 Å². The maximum Gasteiger partial charge on any atom is 0.359 e. The number of aromatic carboxylic acids is 1. The van der Waals surface area contributed by atoms with Crippen LogP contribution in [0.15, 0.2) is 0 Å². The summed E-state index contributed by atoms with van der Waals surface area (Å²) in [7, 11) is 0. The number of rotatable bonds is 2. The van der Waals surface area contributed by atoms with Gasteiger partial charge in [0.1, 0.15) is 0 Å². The molecule has 1 amide bonds. The van der Waals surface area contributed by atoms with E-state index < -0.39 is 17.7 Å². The molecule has 0 aliphatic rings. The largest absolute Gasteiger partial charge is 0.476 e. The zero-order valence-corrected chi connectivity index (χ0v) is 8.82. The molecule has 15 heavy (non-hydrogen) atoms. The number of amides is 1. The third kappa shape index (κ3) is 2.66. The zero-order chi connectivity index (χ0) is 11.6. The van der Waals surface area contributed by atoms with Crippen molar-refractivity contribution in [2.24, 2.45) is 0 Å². The van der Waals surface area contributed by atoms with Crippen LogP contribution in [-0.4, -0.2) is 38.1 Å². The first-order valence-electron chi connectivity index (χ1n) is 4.09. The fourth-order valence-electron chi connectivity index (χ4n) is 0.815. The molecule has 0 atom stereocenters. The van der Waals surface area contributed by atoms with Gasteiger partial charge in [0.25, 0.3) is 0 Å². The number of nitrogens with zero attached hydrogens (tertiary/aromatic N) is 3. The maximum absolute atomic E-state index is 11.3. The smallest absolute Gasteiger partial charge is 0.359 e. The van der Waals surface area contributed by atoms with Gasteiger partial charge in [0.15, 0.2) is 5.15 Å². The highest BCUT2D eigenvalue weighted by atomic mass is 35.5. The van der Waals surface area contributed by atoms with E-state index in [-0.39, 0.29) is 11.2 Å². The Morgan fingerprint density at radius 3 is 2.47 bits per heavy atom. The summed E-state index contributed by atoms with van der Waals surface area (Å²) < 4.78 is 0. The predicted octanol–water partition coefficient (Wildman–Crippen LogP) is 0.596. The van der Waals surface area contributed by atoms with E-state index in [1.165, 1.54) is 0 Å². The van der Waals surface area contributed by atoms with Crippen LogP contribution < -0.4 is 5.32 Å². The monoisotopic (exact) mass is 232 g/mol. The molecule has 1 heterocycles. The molecule has 0 radical (unpaired) electrons. The first-order valence-corrected chi connectivity index (χ1v) is 4.46. The fraction of sp³-hybridized carbons (Fsp3) is 0.429. The number of nitrogens with one attached hydrogen (secondary N) is 1. The van der Waals surface area contributed by atoms with Gasteiger partial charge in [-0.2, -0.15) is 0 Å². The fourth-order valence-corrected chi connectivity index (χ4v) is 1.01. The normalized spacial score (nSPS) is 10.4. The lowest BCUT2D eigenvalue weighted by molar-refractivity contribution is 0.0690. The SMILES string of the molecule is CC(C)NC(=O)n1nc(Cl)c(C(=O)O)n1. The molecule has 0 saturated carbocycles. The summed E-state index contributed by atoms with van der Waals surface area (Å²) in [5.41, 5.74) is -0.449. The minimum absolute atomic E-state index is 0.101. The van der Waals surface area contributed by atoms with Crippen molar-refractivity contribution < 1.29 is 14.7 Å². The van der Waals surface area contributed by atoms with E-state index >= 15 is 0 Å². The molecule has 0 unspecified atom stereocenters. The van der Waals surface area contributed by atoms with Gasteiger partial charge in [0.2, 0.25) is 5.69 Å². The van der Waals surface area contributed by atoms with Crippen LogP contribution in [0.4, 0.5) is 4.79 Å². The molecule has 0 aliphatic heterocycles. The molecule has 0 aromatic carbocycles. The van der Waals surface area contributed by atoms with Crippen LogP contribution in [0.5, 0.6) is 0 Å². The molecule has 2 N–H and O–H groups in total. The Morgan fingerprint density at radius 1 is 1.47 bits per heavy atom. The van der Waals surface area contributed by atoms with Gasteiger partial charge in [-0.1, -0.05) is 16.4 Å². The summed E-state index contributed by atoms with van der Waals surface area (Å²) in [6.45, 7) is 3.50. The number of carboxylic acid groups (broad SMARTS) is 1. The Morgan fingerprint density at radius 2 is 2.07 bits per heavy atom. The molecule has 7 nitrogen and oxygen atoms in total. The number of carbonyl (C=O) groups excluding carboxylic acids is 1. The zero-order valence-electron chi connectivity index (χ0n) is 8.06. The minimum Gasteiger partial charge on any atom is -0.476 e. The molecule has 0 bridgehead atoms. The Bertz CT molecular complexity index is 401. The highest BCUT2D eigenvalue weighted by Crippen LogP contribution is 2.08. The van der Waals surface area contributed by atoms with E-state index in [1.54, 1.807) is 13.8 Å². The summed E-state index contributed by atoms with van der Waals surface area (Å²) in [5.74, 6) is -1.33. The van der Waals surface area contributed by atoms with Gasteiger partial charge in [0.05, 0.1) is 0 Å². The summed E-state index contributed by atoms with van der Waals surface area (Å²) in [4.78, 5) is 22.5. The molecule has 1 aromatic heterocycles. The molecule has 1 aromatic rings. The first kappa shape index (κ1) is 11.4. The third-order valence-corrected chi connectivity index (χ3v) is 1.62. The lowest BCUT2D eigenvalue weighted by atomic mass is 10.4. The number of hydrogen-bond donors (Lipinski definition) is 2. The molecule has 0 aliphatic carbocycles. The Balaban J connectivity index is 2.92. The van der Waals surface area contributed by atoms with Gasteiger partial charge in [0, 0.05) is 6.04 Å². The second-order valence-electron chi connectivity index (χ2n) is 3.04. The van der Waals surface area contributed by atoms with Gasteiger partial charge < -0.3 is 10.4 Å². The van der Waals surface area contributed by atoms with E-state index in [4.69, 9.17) is 16.7 Å². The van der Waals surface area contributed by atoms with Crippen molar-refractivity contribution in [1.82, 2.24) is 20.3 Å². The van der Waals surface area contributed by atoms with Crippen molar-refractivity contribution in [2.45, 2.75) is 19.9 Å². The van der Waals surface area contributed by atoms with Gasteiger partial charge >= 0.3 is 12.0 Å². The molecule has 8 heteroatoms. The summed E-state index contributed by atoms with van der Waals surface area (Å²) in [6.07, 6.45) is 0. The molecule has 0 saturated heterocycles. The summed E-state index contributed by atoms with van der Waals surface area (Å²) in [5, 5.41) is 17.7. The van der Waals surface area contributed by atoms with Crippen molar-refractivity contribution in [3.05, 3.63) is 10.8 Å². The molecule has 82 valence electrons. The highest BCUT2D eigenvalue weighted by molar-refractivity contribution is 6.32. The molecule has 0 fully saturated rings. The third-order valence-electron chi connectivity index (χ3n) is 1.37. The van der Waals surface area contributed by atoms with Crippen molar-refractivity contribution in [2.75, 3.05) is 0 Å². The van der Waals surface area contributed by atoms with E-state index in [1.807, 2.05) is 0 Å². The van der Waals surface area contributed by atoms with Crippen molar-refractivity contribution in [3.8, 4) is 0 Å². The molecule has 0 spiro atoms. The topological polar surface area (TPSA) is 97.1 Å². The Labute approximate surface area is 90.0 Å². The first-order chi connectivity index (χ1) is 6.91. The van der Waals surface area contributed by atoms with Gasteiger partial charge in [-0.3, -0.25) is 0 Å². The van der Waals surface area contributed by atoms with Crippen molar-refractivity contribution in [1.29, 1.82) is 0 Å². The second kappa shape index (κ2) is 4.26. The average molecular weight is 233 g/mol. The van der Waals surface area contributed by atoms with E-state index in [2.05, 4.69) is 15.5 Å². The highest BCUT2D eigenvalue weighted by Gasteiger charge is 2.19. The van der Waals surface area contributed by atoms with E-state index in [9.17, 15) is 9.59 Å². The van der Waals surface area contributed by atoms with Crippen molar-refractivity contribution in [3.63, 3.8) is 0 Å². The van der Waals surface area contributed by atoms with Crippen LogP contribution in [0.2, 0.25) is 5.15 Å². The van der Waals surface area contributed by atoms with Gasteiger partial charge in [-0.05, 0) is 13.8 Å². The number of carbonyl (C=O) groups is 2. The van der Waals surface area contributed by atoms with Gasteiger partial charge in [-0.15, -0.1) is 10.2 Å². The van der Waals surface area contributed by atoms with E-state index in [0.717, 1.165) is 0 Å². The standard InChI is InChI=1S/C7H9ClN4O3/c1-3(2)9-7(15)12-10-4(6(13)14)5(8)11-12/h3H,1-2H3,(H,9,15)(H,13,14). The predicted molar refractivity (Wildman–Crippen MR) is 51.1 cm³/mol. The summed E-state index contributed by atoms with van der Waals surface area (Å²) >= 11 is 5.47. The van der Waals surface area contributed by atoms with Crippen LogP contribution >= 0.6 is 11.6 Å². The molecular formula is C7H9ClN4O3. The van der Waals surface area contributed by atoms with Crippen LogP contribution in [0.3, 0.4) is 0 Å².